The second kappa shape index (κ2) is 5.82. The standard InChI is InChI=1S/C12H14BrNO2/c1-9-4-5-10(11(13)8-9)6-7-12(15)14(2)16-3/h4-8H,1-3H3. The van der Waals surface area contributed by atoms with Gasteiger partial charge in [0.05, 0.1) is 7.11 Å². The zero-order valence-electron chi connectivity index (χ0n) is 9.53. The van der Waals surface area contributed by atoms with Crippen LogP contribution in [0.1, 0.15) is 11.1 Å². The van der Waals surface area contributed by atoms with E-state index in [0.29, 0.717) is 0 Å². The minimum atomic E-state index is -0.199. The summed E-state index contributed by atoms with van der Waals surface area (Å²) >= 11 is 3.44. The van der Waals surface area contributed by atoms with E-state index in [0.717, 1.165) is 10.0 Å². The van der Waals surface area contributed by atoms with E-state index in [4.69, 9.17) is 4.84 Å². The third kappa shape index (κ3) is 3.47. The van der Waals surface area contributed by atoms with Gasteiger partial charge in [0.1, 0.15) is 0 Å². The number of hydroxylamine groups is 2. The Hall–Kier alpha value is -1.13. The highest BCUT2D eigenvalue weighted by molar-refractivity contribution is 9.10. The Labute approximate surface area is 104 Å². The van der Waals surface area contributed by atoms with Crippen molar-refractivity contribution in [2.75, 3.05) is 14.2 Å². The Morgan fingerprint density at radius 2 is 2.19 bits per heavy atom. The molecule has 0 aliphatic rings. The van der Waals surface area contributed by atoms with Crippen molar-refractivity contribution in [1.82, 2.24) is 5.06 Å². The van der Waals surface area contributed by atoms with Crippen LogP contribution in [0, 0.1) is 6.92 Å². The van der Waals surface area contributed by atoms with Crippen LogP contribution < -0.4 is 0 Å². The van der Waals surface area contributed by atoms with Crippen molar-refractivity contribution in [3.8, 4) is 0 Å². The summed E-state index contributed by atoms with van der Waals surface area (Å²) in [6, 6.07) is 5.95. The molecule has 86 valence electrons. The van der Waals surface area contributed by atoms with E-state index in [-0.39, 0.29) is 5.91 Å². The molecule has 0 fully saturated rings. The summed E-state index contributed by atoms with van der Waals surface area (Å²) in [7, 11) is 3.02. The van der Waals surface area contributed by atoms with Gasteiger partial charge in [0.25, 0.3) is 5.91 Å². The van der Waals surface area contributed by atoms with Crippen molar-refractivity contribution >= 4 is 27.9 Å². The molecule has 0 aromatic heterocycles. The van der Waals surface area contributed by atoms with E-state index in [2.05, 4.69) is 15.9 Å². The highest BCUT2D eigenvalue weighted by Gasteiger charge is 2.03. The smallest absolute Gasteiger partial charge is 0.269 e. The van der Waals surface area contributed by atoms with Crippen molar-refractivity contribution in [1.29, 1.82) is 0 Å². The summed E-state index contributed by atoms with van der Waals surface area (Å²) in [6.45, 7) is 2.02. The molecular formula is C12H14BrNO2. The van der Waals surface area contributed by atoms with E-state index in [1.807, 2.05) is 25.1 Å². The molecule has 0 aliphatic carbocycles. The normalized spacial score (nSPS) is 10.8. The fourth-order valence-corrected chi connectivity index (χ4v) is 1.75. The third-order valence-corrected chi connectivity index (χ3v) is 2.83. The van der Waals surface area contributed by atoms with Gasteiger partial charge in [-0.25, -0.2) is 5.06 Å². The number of benzene rings is 1. The number of hydrogen-bond acceptors (Lipinski definition) is 2. The average Bonchev–Trinajstić information content (AvgIpc) is 2.26. The molecule has 3 nitrogen and oxygen atoms in total. The molecule has 0 saturated carbocycles. The predicted molar refractivity (Wildman–Crippen MR) is 67.7 cm³/mol. The van der Waals surface area contributed by atoms with Gasteiger partial charge in [-0.3, -0.25) is 9.63 Å². The number of aryl methyl sites for hydroxylation is 1. The Balaban J connectivity index is 2.80. The monoisotopic (exact) mass is 283 g/mol. The minimum Gasteiger partial charge on any atom is -0.274 e. The SMILES string of the molecule is CON(C)C(=O)C=Cc1ccc(C)cc1Br. The first kappa shape index (κ1) is 12.9. The molecular weight excluding hydrogens is 270 g/mol. The van der Waals surface area contributed by atoms with Crippen LogP contribution in [0.3, 0.4) is 0 Å². The van der Waals surface area contributed by atoms with Gasteiger partial charge >= 0.3 is 0 Å². The maximum Gasteiger partial charge on any atom is 0.269 e. The van der Waals surface area contributed by atoms with Crippen LogP contribution >= 0.6 is 15.9 Å². The number of hydrogen-bond donors (Lipinski definition) is 0. The van der Waals surface area contributed by atoms with Gasteiger partial charge in [-0.2, -0.15) is 0 Å². The zero-order chi connectivity index (χ0) is 12.1. The number of rotatable bonds is 3. The lowest BCUT2D eigenvalue weighted by atomic mass is 10.1. The first-order valence-corrected chi connectivity index (χ1v) is 5.60. The fourth-order valence-electron chi connectivity index (χ4n) is 1.12. The van der Waals surface area contributed by atoms with Crippen molar-refractivity contribution in [2.24, 2.45) is 0 Å². The molecule has 0 unspecified atom stereocenters. The molecule has 0 bridgehead atoms. The highest BCUT2D eigenvalue weighted by atomic mass is 79.9. The van der Waals surface area contributed by atoms with Crippen molar-refractivity contribution in [3.05, 3.63) is 39.9 Å². The number of likely N-dealkylation sites (N-methyl/N-ethyl adjacent to an activating group) is 1. The number of carbonyl (C=O) groups is 1. The average molecular weight is 284 g/mol. The highest BCUT2D eigenvalue weighted by Crippen LogP contribution is 2.19. The summed E-state index contributed by atoms with van der Waals surface area (Å²) in [6.07, 6.45) is 3.22. The van der Waals surface area contributed by atoms with Gasteiger partial charge < -0.3 is 0 Å². The topological polar surface area (TPSA) is 29.5 Å². The van der Waals surface area contributed by atoms with Crippen LogP contribution in [-0.4, -0.2) is 25.1 Å². The fraction of sp³-hybridized carbons (Fsp3) is 0.250. The van der Waals surface area contributed by atoms with Gasteiger partial charge in [0, 0.05) is 17.6 Å². The van der Waals surface area contributed by atoms with Crippen LogP contribution in [0.25, 0.3) is 6.08 Å². The predicted octanol–water partition coefficient (Wildman–Crippen LogP) is 2.79. The van der Waals surface area contributed by atoms with E-state index >= 15 is 0 Å². The summed E-state index contributed by atoms with van der Waals surface area (Å²) in [5, 5.41) is 1.17. The molecule has 16 heavy (non-hydrogen) atoms. The Morgan fingerprint density at radius 1 is 1.50 bits per heavy atom. The Morgan fingerprint density at radius 3 is 2.75 bits per heavy atom. The van der Waals surface area contributed by atoms with Crippen molar-refractivity contribution in [2.45, 2.75) is 6.92 Å². The quantitative estimate of drug-likeness (QED) is 0.631. The van der Waals surface area contributed by atoms with Crippen LogP contribution in [0.15, 0.2) is 28.7 Å². The molecule has 0 atom stereocenters. The van der Waals surface area contributed by atoms with E-state index in [9.17, 15) is 4.79 Å². The van der Waals surface area contributed by atoms with E-state index in [1.165, 1.54) is 23.8 Å². The van der Waals surface area contributed by atoms with Gasteiger partial charge in [0.2, 0.25) is 0 Å². The van der Waals surface area contributed by atoms with Gasteiger partial charge in [-0.05, 0) is 30.2 Å². The number of nitrogens with zero attached hydrogens (tertiary/aromatic N) is 1. The number of halogens is 1. The van der Waals surface area contributed by atoms with Crippen LogP contribution in [0.2, 0.25) is 0 Å². The second-order valence-corrected chi connectivity index (χ2v) is 4.23. The van der Waals surface area contributed by atoms with E-state index < -0.39 is 0 Å². The lowest BCUT2D eigenvalue weighted by molar-refractivity contribution is -0.162. The van der Waals surface area contributed by atoms with E-state index in [1.54, 1.807) is 13.1 Å². The molecule has 1 aromatic carbocycles. The lowest BCUT2D eigenvalue weighted by Gasteiger charge is -2.10. The molecule has 0 N–H and O–H groups in total. The summed E-state index contributed by atoms with van der Waals surface area (Å²) in [5.41, 5.74) is 2.13. The molecule has 0 spiro atoms. The molecule has 1 aromatic rings. The zero-order valence-corrected chi connectivity index (χ0v) is 11.1. The lowest BCUT2D eigenvalue weighted by Crippen LogP contribution is -2.22. The Bertz CT molecular complexity index is 415. The van der Waals surface area contributed by atoms with Gasteiger partial charge in [-0.15, -0.1) is 0 Å². The third-order valence-electron chi connectivity index (χ3n) is 2.15. The molecule has 4 heteroatoms. The van der Waals surface area contributed by atoms with Crippen LogP contribution in [0.5, 0.6) is 0 Å². The maximum atomic E-state index is 11.4. The Kier molecular flexibility index (Phi) is 4.71. The molecule has 0 saturated heterocycles. The first-order chi connectivity index (χ1) is 7.54. The van der Waals surface area contributed by atoms with Crippen LogP contribution in [-0.2, 0) is 9.63 Å². The summed E-state index contributed by atoms with van der Waals surface area (Å²) < 4.78 is 0.969. The molecule has 0 radical (unpaired) electrons. The van der Waals surface area contributed by atoms with Crippen molar-refractivity contribution in [3.63, 3.8) is 0 Å². The van der Waals surface area contributed by atoms with Gasteiger partial charge in [0.15, 0.2) is 0 Å². The molecule has 0 heterocycles. The molecule has 0 aliphatic heterocycles. The number of carbonyl (C=O) groups excluding carboxylic acids is 1. The molecule has 1 amide bonds. The van der Waals surface area contributed by atoms with Crippen molar-refractivity contribution < 1.29 is 9.63 Å². The second-order valence-electron chi connectivity index (χ2n) is 3.38. The summed E-state index contributed by atoms with van der Waals surface area (Å²) in [5.74, 6) is -0.199. The largest absolute Gasteiger partial charge is 0.274 e. The first-order valence-electron chi connectivity index (χ1n) is 4.80. The molecule has 1 rings (SSSR count). The minimum absolute atomic E-state index is 0.199. The van der Waals surface area contributed by atoms with Gasteiger partial charge in [-0.1, -0.05) is 28.1 Å². The number of amides is 1. The maximum absolute atomic E-state index is 11.4. The summed E-state index contributed by atoms with van der Waals surface area (Å²) in [4.78, 5) is 16.2. The van der Waals surface area contributed by atoms with Crippen LogP contribution in [0.4, 0.5) is 0 Å².